The monoisotopic (exact) mass is 331 g/mol. The zero-order chi connectivity index (χ0) is 18.8. The largest absolute Gasteiger partial charge is 0.385 e. The Morgan fingerprint density at radius 1 is 0.913 bits per heavy atom. The molecule has 6 nitrogen and oxygen atoms in total. The van der Waals surface area contributed by atoms with Crippen LogP contribution in [0.3, 0.4) is 0 Å². The maximum atomic E-state index is 4.54. The second-order valence-electron chi connectivity index (χ2n) is 3.02. The molecule has 6 heteroatoms. The summed E-state index contributed by atoms with van der Waals surface area (Å²) in [5.41, 5.74) is 0. The van der Waals surface area contributed by atoms with E-state index >= 15 is 0 Å². The third-order valence-corrected chi connectivity index (χ3v) is 1.56. The zero-order valence-corrected chi connectivity index (χ0v) is 16.4. The molecule has 0 amide bonds. The first-order valence-corrected chi connectivity index (χ1v) is 7.98. The fourth-order valence-electron chi connectivity index (χ4n) is 0.521. The van der Waals surface area contributed by atoms with Gasteiger partial charge in [-0.2, -0.15) is 5.10 Å². The highest BCUT2D eigenvalue weighted by Gasteiger charge is 1.69. The molecule has 2 aromatic heterocycles. The summed E-state index contributed by atoms with van der Waals surface area (Å²) in [5, 5.41) is 7.18. The fourth-order valence-corrected chi connectivity index (χ4v) is 0.521. The van der Waals surface area contributed by atoms with E-state index < -0.39 is 0 Å². The summed E-state index contributed by atoms with van der Waals surface area (Å²) in [7, 11) is 5.25. The Bertz CT molecular complexity index is 286. The standard InChI is InChI=1S/C4H6N2.C3H3NO.2C3H8O.2C2H6/c1-6-4-2-3-5-6;1-2-4-5-3-1;2*1-3-4-2;2*1-2/h2-4H,1H3;1-3H;2*3H2,1-2H3;2*1-2H3. The summed E-state index contributed by atoms with van der Waals surface area (Å²) in [6.45, 7) is 13.6. The lowest BCUT2D eigenvalue weighted by Crippen LogP contribution is -1.83. The maximum absolute atomic E-state index is 4.54. The lowest BCUT2D eigenvalue weighted by molar-refractivity contribution is 0.215. The first kappa shape index (κ1) is 29.4. The van der Waals surface area contributed by atoms with Crippen LogP contribution in [0.4, 0.5) is 0 Å². The Balaban J connectivity index is -0.0000000990. The van der Waals surface area contributed by atoms with Gasteiger partial charge in [-0.1, -0.05) is 32.9 Å². The number of ether oxygens (including phenoxy) is 2. The van der Waals surface area contributed by atoms with Gasteiger partial charge in [0.2, 0.25) is 0 Å². The molecule has 2 rings (SSSR count). The van der Waals surface area contributed by atoms with Gasteiger partial charge in [-0.25, -0.2) is 0 Å². The third kappa shape index (κ3) is 44.9. The average molecular weight is 332 g/mol. The van der Waals surface area contributed by atoms with Crippen LogP contribution in [-0.2, 0) is 16.5 Å². The van der Waals surface area contributed by atoms with E-state index in [-0.39, 0.29) is 0 Å². The van der Waals surface area contributed by atoms with Gasteiger partial charge in [0.05, 0.1) is 6.20 Å². The molecule has 0 saturated heterocycles. The number of nitrogens with zero attached hydrogens (tertiary/aromatic N) is 3. The van der Waals surface area contributed by atoms with Crippen molar-refractivity contribution in [2.24, 2.45) is 7.05 Å². The van der Waals surface area contributed by atoms with Crippen molar-refractivity contribution in [1.82, 2.24) is 14.9 Å². The molecule has 0 aliphatic carbocycles. The predicted molar refractivity (Wildman–Crippen MR) is 97.5 cm³/mol. The van der Waals surface area contributed by atoms with E-state index in [0.29, 0.717) is 0 Å². The quantitative estimate of drug-likeness (QED) is 0.813. The van der Waals surface area contributed by atoms with Crippen LogP contribution in [0.15, 0.2) is 41.5 Å². The van der Waals surface area contributed by atoms with E-state index in [0.717, 1.165) is 13.2 Å². The van der Waals surface area contributed by atoms with Crippen LogP contribution in [0.1, 0.15) is 41.5 Å². The van der Waals surface area contributed by atoms with Crippen molar-refractivity contribution in [3.63, 3.8) is 0 Å². The van der Waals surface area contributed by atoms with Crippen molar-refractivity contribution in [1.29, 1.82) is 0 Å². The molecule has 0 bridgehead atoms. The van der Waals surface area contributed by atoms with Gasteiger partial charge >= 0.3 is 0 Å². The Morgan fingerprint density at radius 3 is 1.48 bits per heavy atom. The molecule has 0 N–H and O–H groups in total. The van der Waals surface area contributed by atoms with Crippen molar-refractivity contribution in [2.45, 2.75) is 41.5 Å². The van der Waals surface area contributed by atoms with Gasteiger partial charge in [0.15, 0.2) is 0 Å². The van der Waals surface area contributed by atoms with Crippen LogP contribution in [0.25, 0.3) is 0 Å². The molecule has 0 aromatic carbocycles. The van der Waals surface area contributed by atoms with E-state index in [4.69, 9.17) is 0 Å². The van der Waals surface area contributed by atoms with Gasteiger partial charge in [0.1, 0.15) is 6.26 Å². The van der Waals surface area contributed by atoms with Crippen molar-refractivity contribution < 1.29 is 14.0 Å². The summed E-state index contributed by atoms with van der Waals surface area (Å²) in [4.78, 5) is 0. The third-order valence-electron chi connectivity index (χ3n) is 1.56. The molecule has 0 radical (unpaired) electrons. The minimum Gasteiger partial charge on any atom is -0.385 e. The van der Waals surface area contributed by atoms with Gasteiger partial charge in [0.25, 0.3) is 0 Å². The van der Waals surface area contributed by atoms with E-state index in [1.165, 1.54) is 6.26 Å². The van der Waals surface area contributed by atoms with E-state index in [9.17, 15) is 0 Å². The number of hydrogen-bond acceptors (Lipinski definition) is 5. The molecule has 2 aromatic rings. The highest BCUT2D eigenvalue weighted by Crippen LogP contribution is 1.73. The van der Waals surface area contributed by atoms with Crippen molar-refractivity contribution in [3.8, 4) is 0 Å². The second-order valence-corrected chi connectivity index (χ2v) is 3.02. The normalized spacial score (nSPS) is 7.17. The number of hydrogen-bond donors (Lipinski definition) is 0. The number of aromatic nitrogens is 3. The Labute approximate surface area is 142 Å². The Hall–Kier alpha value is -1.66. The molecule has 0 fully saturated rings. The fraction of sp³-hybridized carbons (Fsp3) is 0.647. The van der Waals surface area contributed by atoms with Crippen molar-refractivity contribution in [3.05, 3.63) is 37.0 Å². The van der Waals surface area contributed by atoms with Crippen LogP contribution in [0.2, 0.25) is 0 Å². The van der Waals surface area contributed by atoms with Crippen LogP contribution < -0.4 is 0 Å². The van der Waals surface area contributed by atoms with E-state index in [1.807, 2.05) is 60.9 Å². The SMILES string of the molecule is CC.CC.CCOC.CCOC.Cn1cccn1.c1cnoc1. The van der Waals surface area contributed by atoms with Gasteiger partial charge in [0, 0.05) is 46.9 Å². The lowest BCUT2D eigenvalue weighted by atomic mass is 10.8. The molecular weight excluding hydrogens is 294 g/mol. The lowest BCUT2D eigenvalue weighted by Gasteiger charge is -1.77. The minimum absolute atomic E-state index is 0.819. The molecule has 0 aliphatic heterocycles. The molecule has 0 aliphatic rings. The van der Waals surface area contributed by atoms with Crippen LogP contribution >= 0.6 is 0 Å². The van der Waals surface area contributed by atoms with Gasteiger partial charge < -0.3 is 14.0 Å². The smallest absolute Gasteiger partial charge is 0.123 e. The molecule has 0 spiro atoms. The highest BCUT2D eigenvalue weighted by atomic mass is 16.5. The summed E-state index contributed by atoms with van der Waals surface area (Å²) in [5.74, 6) is 0. The van der Waals surface area contributed by atoms with Gasteiger partial charge in [-0.15, -0.1) is 0 Å². The molecule has 138 valence electrons. The number of methoxy groups -OCH3 is 2. The maximum Gasteiger partial charge on any atom is 0.123 e. The summed E-state index contributed by atoms with van der Waals surface area (Å²) >= 11 is 0. The first-order valence-electron chi connectivity index (χ1n) is 7.98. The average Bonchev–Trinajstić information content (AvgIpc) is 3.35. The predicted octanol–water partition coefficient (Wildman–Crippen LogP) is 4.45. The molecule has 0 saturated carbocycles. The molecule has 0 atom stereocenters. The highest BCUT2D eigenvalue weighted by molar-refractivity contribution is 4.75. The van der Waals surface area contributed by atoms with Crippen LogP contribution in [0, 0.1) is 0 Å². The van der Waals surface area contributed by atoms with Crippen LogP contribution in [0.5, 0.6) is 0 Å². The molecule has 0 unspecified atom stereocenters. The number of aryl methyl sites for hydroxylation is 1. The van der Waals surface area contributed by atoms with E-state index in [2.05, 4.69) is 24.3 Å². The van der Waals surface area contributed by atoms with Gasteiger partial charge in [-0.3, -0.25) is 4.68 Å². The van der Waals surface area contributed by atoms with Crippen molar-refractivity contribution >= 4 is 0 Å². The second kappa shape index (κ2) is 37.0. The Morgan fingerprint density at radius 2 is 1.39 bits per heavy atom. The minimum atomic E-state index is 0.819. The van der Waals surface area contributed by atoms with Crippen LogP contribution in [-0.4, -0.2) is 42.4 Å². The zero-order valence-electron chi connectivity index (χ0n) is 16.4. The van der Waals surface area contributed by atoms with Gasteiger partial charge in [-0.05, 0) is 26.0 Å². The summed E-state index contributed by atoms with van der Waals surface area (Å²) in [6.07, 6.45) is 6.74. The first-order chi connectivity index (χ1) is 11.2. The Kier molecular flexibility index (Phi) is 47.2. The topological polar surface area (TPSA) is 62.3 Å². The molecule has 23 heavy (non-hydrogen) atoms. The van der Waals surface area contributed by atoms with E-state index in [1.54, 1.807) is 37.4 Å². The molecule has 2 heterocycles. The molecular formula is C17H37N3O3. The number of rotatable bonds is 2. The summed E-state index contributed by atoms with van der Waals surface area (Å²) < 4.78 is 15.2. The van der Waals surface area contributed by atoms with Crippen molar-refractivity contribution in [2.75, 3.05) is 27.4 Å². The summed E-state index contributed by atoms with van der Waals surface area (Å²) in [6, 6.07) is 3.61.